The normalized spacial score (nSPS) is 25.5. The van der Waals surface area contributed by atoms with Gasteiger partial charge in [-0.2, -0.15) is 0 Å². The van der Waals surface area contributed by atoms with Crippen LogP contribution in [0.4, 0.5) is 0 Å². The summed E-state index contributed by atoms with van der Waals surface area (Å²) in [4.78, 5) is 2.64. The summed E-state index contributed by atoms with van der Waals surface area (Å²) in [6, 6.07) is 1.54. The minimum absolute atomic E-state index is 0.759. The maximum Gasteiger partial charge on any atom is 0.0207 e. The van der Waals surface area contributed by atoms with Crippen LogP contribution in [0.5, 0.6) is 0 Å². The van der Waals surface area contributed by atoms with Gasteiger partial charge < -0.3 is 5.32 Å². The molecule has 2 unspecified atom stereocenters. The van der Waals surface area contributed by atoms with Crippen molar-refractivity contribution in [2.24, 2.45) is 0 Å². The molecular formula is C12H26N2. The first-order valence-corrected chi connectivity index (χ1v) is 6.25. The summed E-state index contributed by atoms with van der Waals surface area (Å²) in [7, 11) is 0. The molecule has 0 radical (unpaired) electrons. The van der Waals surface area contributed by atoms with Gasteiger partial charge in [-0.15, -0.1) is 0 Å². The van der Waals surface area contributed by atoms with Crippen molar-refractivity contribution in [1.29, 1.82) is 0 Å². The summed E-state index contributed by atoms with van der Waals surface area (Å²) in [6.07, 6.45) is 5.25. The predicted molar refractivity (Wildman–Crippen MR) is 62.6 cm³/mol. The van der Waals surface area contributed by atoms with Gasteiger partial charge in [0.25, 0.3) is 0 Å². The van der Waals surface area contributed by atoms with Crippen LogP contribution in [-0.4, -0.2) is 36.6 Å². The highest BCUT2D eigenvalue weighted by molar-refractivity contribution is 4.83. The average Bonchev–Trinajstić information content (AvgIpc) is 2.63. The van der Waals surface area contributed by atoms with E-state index in [0.29, 0.717) is 0 Å². The molecule has 0 amide bonds. The monoisotopic (exact) mass is 198 g/mol. The molecule has 14 heavy (non-hydrogen) atoms. The molecule has 1 rings (SSSR count). The Labute approximate surface area is 89.1 Å². The van der Waals surface area contributed by atoms with Gasteiger partial charge in [-0.25, -0.2) is 0 Å². The molecule has 2 heteroatoms. The minimum atomic E-state index is 0.759. The van der Waals surface area contributed by atoms with E-state index in [1.807, 2.05) is 0 Å². The van der Waals surface area contributed by atoms with Gasteiger partial charge in [-0.1, -0.05) is 20.3 Å². The van der Waals surface area contributed by atoms with Gasteiger partial charge >= 0.3 is 0 Å². The fourth-order valence-electron chi connectivity index (χ4n) is 2.30. The first-order valence-electron chi connectivity index (χ1n) is 6.25. The summed E-state index contributed by atoms with van der Waals surface area (Å²) >= 11 is 0. The Morgan fingerprint density at radius 3 is 2.79 bits per heavy atom. The first-order chi connectivity index (χ1) is 6.77. The molecule has 0 spiro atoms. The van der Waals surface area contributed by atoms with Crippen molar-refractivity contribution in [1.82, 2.24) is 10.2 Å². The minimum Gasteiger partial charge on any atom is -0.313 e. The standard InChI is InChI=1S/C12H26N2/c1-4-6-11(3)14-9-7-12(10-14)13-8-5-2/h11-13H,4-10H2,1-3H3. The Bertz CT molecular complexity index is 147. The van der Waals surface area contributed by atoms with E-state index in [-0.39, 0.29) is 0 Å². The Morgan fingerprint density at radius 2 is 2.14 bits per heavy atom. The molecule has 0 aromatic rings. The summed E-state index contributed by atoms with van der Waals surface area (Å²) in [5.41, 5.74) is 0. The molecule has 0 aliphatic carbocycles. The zero-order chi connectivity index (χ0) is 10.4. The smallest absolute Gasteiger partial charge is 0.0207 e. The van der Waals surface area contributed by atoms with E-state index in [0.717, 1.165) is 12.1 Å². The highest BCUT2D eigenvalue weighted by atomic mass is 15.2. The maximum absolute atomic E-state index is 3.62. The van der Waals surface area contributed by atoms with Gasteiger partial charge in [-0.3, -0.25) is 4.90 Å². The van der Waals surface area contributed by atoms with Crippen LogP contribution in [0.3, 0.4) is 0 Å². The summed E-state index contributed by atoms with van der Waals surface area (Å²) in [6.45, 7) is 10.6. The van der Waals surface area contributed by atoms with Crippen molar-refractivity contribution in [3.8, 4) is 0 Å². The fraction of sp³-hybridized carbons (Fsp3) is 1.00. The summed E-state index contributed by atoms with van der Waals surface area (Å²) < 4.78 is 0. The molecule has 1 aliphatic rings. The lowest BCUT2D eigenvalue weighted by atomic mass is 10.2. The number of hydrogen-bond acceptors (Lipinski definition) is 2. The van der Waals surface area contributed by atoms with Crippen LogP contribution in [0.2, 0.25) is 0 Å². The van der Waals surface area contributed by atoms with Gasteiger partial charge in [-0.05, 0) is 32.7 Å². The van der Waals surface area contributed by atoms with E-state index in [4.69, 9.17) is 0 Å². The van der Waals surface area contributed by atoms with E-state index in [1.54, 1.807) is 0 Å². The highest BCUT2D eigenvalue weighted by Gasteiger charge is 2.24. The number of nitrogens with one attached hydrogen (secondary N) is 1. The molecule has 1 N–H and O–H groups in total. The molecule has 2 atom stereocenters. The van der Waals surface area contributed by atoms with E-state index < -0.39 is 0 Å². The van der Waals surface area contributed by atoms with Crippen LogP contribution < -0.4 is 5.32 Å². The highest BCUT2D eigenvalue weighted by Crippen LogP contribution is 2.15. The summed E-state index contributed by atoms with van der Waals surface area (Å²) in [5.74, 6) is 0. The topological polar surface area (TPSA) is 15.3 Å². The predicted octanol–water partition coefficient (Wildman–Crippen LogP) is 2.25. The molecule has 1 aliphatic heterocycles. The van der Waals surface area contributed by atoms with E-state index in [2.05, 4.69) is 31.0 Å². The maximum atomic E-state index is 3.62. The quantitative estimate of drug-likeness (QED) is 0.704. The second-order valence-corrected chi connectivity index (χ2v) is 4.57. The zero-order valence-corrected chi connectivity index (χ0v) is 10.1. The fourth-order valence-corrected chi connectivity index (χ4v) is 2.30. The SMILES string of the molecule is CCCNC1CCN(C(C)CCC)C1. The van der Waals surface area contributed by atoms with Crippen LogP contribution in [0.25, 0.3) is 0 Å². The lowest BCUT2D eigenvalue weighted by molar-refractivity contribution is 0.239. The number of nitrogens with zero attached hydrogens (tertiary/aromatic N) is 1. The first kappa shape index (κ1) is 12.0. The Kier molecular flexibility index (Phi) is 5.49. The largest absolute Gasteiger partial charge is 0.313 e. The molecule has 0 aromatic carbocycles. The van der Waals surface area contributed by atoms with Gasteiger partial charge in [0.1, 0.15) is 0 Å². The lowest BCUT2D eigenvalue weighted by Gasteiger charge is -2.23. The molecule has 2 nitrogen and oxygen atoms in total. The van der Waals surface area contributed by atoms with E-state index in [1.165, 1.54) is 45.3 Å². The van der Waals surface area contributed by atoms with Gasteiger partial charge in [0.15, 0.2) is 0 Å². The van der Waals surface area contributed by atoms with Gasteiger partial charge in [0.05, 0.1) is 0 Å². The molecular weight excluding hydrogens is 172 g/mol. The van der Waals surface area contributed by atoms with Crippen molar-refractivity contribution in [2.45, 2.75) is 58.5 Å². The van der Waals surface area contributed by atoms with Crippen molar-refractivity contribution in [3.63, 3.8) is 0 Å². The zero-order valence-electron chi connectivity index (χ0n) is 10.1. The third kappa shape index (κ3) is 3.58. The van der Waals surface area contributed by atoms with Crippen LogP contribution in [0, 0.1) is 0 Å². The number of rotatable bonds is 6. The van der Waals surface area contributed by atoms with Crippen molar-refractivity contribution < 1.29 is 0 Å². The summed E-state index contributed by atoms with van der Waals surface area (Å²) in [5, 5.41) is 3.62. The Morgan fingerprint density at radius 1 is 1.36 bits per heavy atom. The van der Waals surface area contributed by atoms with Crippen LogP contribution in [0.15, 0.2) is 0 Å². The van der Waals surface area contributed by atoms with E-state index >= 15 is 0 Å². The van der Waals surface area contributed by atoms with Crippen molar-refractivity contribution in [3.05, 3.63) is 0 Å². The molecule has 1 heterocycles. The molecule has 0 bridgehead atoms. The second kappa shape index (κ2) is 6.41. The van der Waals surface area contributed by atoms with Crippen LogP contribution in [-0.2, 0) is 0 Å². The Hall–Kier alpha value is -0.0800. The lowest BCUT2D eigenvalue weighted by Crippen LogP contribution is -2.36. The van der Waals surface area contributed by atoms with Gasteiger partial charge in [0.2, 0.25) is 0 Å². The third-order valence-corrected chi connectivity index (χ3v) is 3.23. The number of hydrogen-bond donors (Lipinski definition) is 1. The molecule has 84 valence electrons. The second-order valence-electron chi connectivity index (χ2n) is 4.57. The van der Waals surface area contributed by atoms with Crippen molar-refractivity contribution >= 4 is 0 Å². The average molecular weight is 198 g/mol. The molecule has 1 saturated heterocycles. The third-order valence-electron chi connectivity index (χ3n) is 3.23. The van der Waals surface area contributed by atoms with E-state index in [9.17, 15) is 0 Å². The molecule has 1 fully saturated rings. The van der Waals surface area contributed by atoms with Crippen LogP contribution >= 0.6 is 0 Å². The van der Waals surface area contributed by atoms with Crippen LogP contribution in [0.1, 0.15) is 46.5 Å². The number of likely N-dealkylation sites (tertiary alicyclic amines) is 1. The Balaban J connectivity index is 2.19. The van der Waals surface area contributed by atoms with Crippen molar-refractivity contribution in [2.75, 3.05) is 19.6 Å². The molecule has 0 aromatic heterocycles. The van der Waals surface area contributed by atoms with Gasteiger partial charge in [0, 0.05) is 25.2 Å². The molecule has 0 saturated carbocycles.